The standard InChI is InChI=1S/C6H13N.H3N/c1-6-4-3-5-7(6)2;/h6H,3-5H2,1-2H3;1H3/t6-;/m1./s1. The van der Waals surface area contributed by atoms with E-state index in [1.54, 1.807) is 0 Å². The highest BCUT2D eigenvalue weighted by Crippen LogP contribution is 2.12. The van der Waals surface area contributed by atoms with E-state index in [-0.39, 0.29) is 6.15 Å². The van der Waals surface area contributed by atoms with Gasteiger partial charge in [-0.2, -0.15) is 0 Å². The molecule has 2 nitrogen and oxygen atoms in total. The minimum Gasteiger partial charge on any atom is -0.344 e. The summed E-state index contributed by atoms with van der Waals surface area (Å²) in [4.78, 5) is 2.40. The van der Waals surface area contributed by atoms with Crippen LogP contribution in [0, 0.1) is 0 Å². The van der Waals surface area contributed by atoms with E-state index in [4.69, 9.17) is 0 Å². The van der Waals surface area contributed by atoms with Gasteiger partial charge in [-0.25, -0.2) is 0 Å². The smallest absolute Gasteiger partial charge is 0.00643 e. The van der Waals surface area contributed by atoms with E-state index in [1.165, 1.54) is 19.4 Å². The maximum Gasteiger partial charge on any atom is 0.00643 e. The Hall–Kier alpha value is -0.0800. The summed E-state index contributed by atoms with van der Waals surface area (Å²) in [6, 6.07) is 0.847. The molecule has 0 amide bonds. The predicted octanol–water partition coefficient (Wildman–Crippen LogP) is 1.26. The van der Waals surface area contributed by atoms with Crippen molar-refractivity contribution in [1.82, 2.24) is 11.1 Å². The average molecular weight is 116 g/mol. The van der Waals surface area contributed by atoms with Crippen molar-refractivity contribution >= 4 is 0 Å². The zero-order valence-corrected chi connectivity index (χ0v) is 5.85. The molecule has 0 unspecified atom stereocenters. The van der Waals surface area contributed by atoms with Crippen LogP contribution in [0.1, 0.15) is 19.8 Å². The molecule has 0 aromatic carbocycles. The van der Waals surface area contributed by atoms with Crippen LogP contribution in [-0.2, 0) is 0 Å². The van der Waals surface area contributed by atoms with Crippen LogP contribution < -0.4 is 6.15 Å². The average Bonchev–Trinajstić information content (AvgIpc) is 1.91. The fourth-order valence-corrected chi connectivity index (χ4v) is 1.08. The molecule has 0 spiro atoms. The van der Waals surface area contributed by atoms with Crippen LogP contribution in [0.25, 0.3) is 0 Å². The van der Waals surface area contributed by atoms with Gasteiger partial charge in [0.15, 0.2) is 0 Å². The van der Waals surface area contributed by atoms with Crippen LogP contribution in [0.2, 0.25) is 0 Å². The summed E-state index contributed by atoms with van der Waals surface area (Å²) in [6.07, 6.45) is 2.80. The van der Waals surface area contributed by atoms with Crippen LogP contribution in [0.3, 0.4) is 0 Å². The zero-order chi connectivity index (χ0) is 5.28. The monoisotopic (exact) mass is 116 g/mol. The van der Waals surface area contributed by atoms with Gasteiger partial charge in [-0.15, -0.1) is 0 Å². The topological polar surface area (TPSA) is 38.2 Å². The molecule has 0 bridgehead atoms. The van der Waals surface area contributed by atoms with Crippen LogP contribution >= 0.6 is 0 Å². The highest BCUT2D eigenvalue weighted by atomic mass is 15.1. The first-order valence-electron chi connectivity index (χ1n) is 3.01. The molecule has 50 valence electrons. The Morgan fingerprint density at radius 2 is 2.12 bits per heavy atom. The Bertz CT molecular complexity index is 55.5. The third-order valence-electron chi connectivity index (χ3n) is 1.89. The van der Waals surface area contributed by atoms with E-state index < -0.39 is 0 Å². The van der Waals surface area contributed by atoms with Gasteiger partial charge in [0.1, 0.15) is 0 Å². The van der Waals surface area contributed by atoms with Crippen molar-refractivity contribution in [1.29, 1.82) is 0 Å². The molecule has 1 fully saturated rings. The van der Waals surface area contributed by atoms with Gasteiger partial charge in [-0.3, -0.25) is 0 Å². The molecule has 2 heteroatoms. The van der Waals surface area contributed by atoms with Crippen molar-refractivity contribution in [2.45, 2.75) is 25.8 Å². The van der Waals surface area contributed by atoms with Crippen LogP contribution in [0.15, 0.2) is 0 Å². The van der Waals surface area contributed by atoms with Crippen molar-refractivity contribution in [3.8, 4) is 0 Å². The number of likely N-dealkylation sites (tertiary alicyclic amines) is 1. The molecule has 0 aromatic rings. The van der Waals surface area contributed by atoms with Crippen LogP contribution in [0.5, 0.6) is 0 Å². The van der Waals surface area contributed by atoms with Gasteiger partial charge in [0.05, 0.1) is 0 Å². The van der Waals surface area contributed by atoms with E-state index in [2.05, 4.69) is 18.9 Å². The lowest BCUT2D eigenvalue weighted by atomic mass is 10.3. The van der Waals surface area contributed by atoms with E-state index in [1.807, 2.05) is 0 Å². The summed E-state index contributed by atoms with van der Waals surface area (Å²) in [5.41, 5.74) is 0. The van der Waals surface area contributed by atoms with E-state index in [9.17, 15) is 0 Å². The first-order valence-corrected chi connectivity index (χ1v) is 3.01. The number of hydrogen-bond donors (Lipinski definition) is 1. The molecule has 1 aliphatic heterocycles. The largest absolute Gasteiger partial charge is 0.344 e. The van der Waals surface area contributed by atoms with E-state index >= 15 is 0 Å². The second-order valence-corrected chi connectivity index (χ2v) is 2.47. The van der Waals surface area contributed by atoms with Gasteiger partial charge >= 0.3 is 0 Å². The van der Waals surface area contributed by atoms with Gasteiger partial charge in [0, 0.05) is 6.04 Å². The molecule has 0 aliphatic carbocycles. The van der Waals surface area contributed by atoms with Gasteiger partial charge < -0.3 is 11.1 Å². The van der Waals surface area contributed by atoms with E-state index in [0.717, 1.165) is 6.04 Å². The Labute approximate surface area is 51.5 Å². The molecule has 1 aliphatic rings. The first kappa shape index (κ1) is 7.92. The quantitative estimate of drug-likeness (QED) is 0.517. The van der Waals surface area contributed by atoms with Gasteiger partial charge in [-0.1, -0.05) is 0 Å². The summed E-state index contributed by atoms with van der Waals surface area (Å²) >= 11 is 0. The summed E-state index contributed by atoms with van der Waals surface area (Å²) < 4.78 is 0. The molecule has 8 heavy (non-hydrogen) atoms. The van der Waals surface area contributed by atoms with Crippen molar-refractivity contribution < 1.29 is 0 Å². The van der Waals surface area contributed by atoms with Crippen molar-refractivity contribution in [3.63, 3.8) is 0 Å². The second-order valence-electron chi connectivity index (χ2n) is 2.47. The summed E-state index contributed by atoms with van der Waals surface area (Å²) in [6.45, 7) is 3.59. The summed E-state index contributed by atoms with van der Waals surface area (Å²) in [5.74, 6) is 0. The molecule has 0 aromatic heterocycles. The maximum atomic E-state index is 2.40. The summed E-state index contributed by atoms with van der Waals surface area (Å²) in [7, 11) is 2.19. The third-order valence-corrected chi connectivity index (χ3v) is 1.89. The Morgan fingerprint density at radius 1 is 1.50 bits per heavy atom. The molecule has 0 saturated carbocycles. The Balaban J connectivity index is 0.000000490. The van der Waals surface area contributed by atoms with Crippen LogP contribution in [0.4, 0.5) is 0 Å². The molecule has 1 atom stereocenters. The first-order chi connectivity index (χ1) is 3.30. The van der Waals surface area contributed by atoms with Crippen molar-refractivity contribution in [2.75, 3.05) is 13.6 Å². The zero-order valence-electron chi connectivity index (χ0n) is 5.85. The summed E-state index contributed by atoms with van der Waals surface area (Å²) in [5, 5.41) is 0. The lowest BCUT2D eigenvalue weighted by Crippen LogP contribution is -2.20. The SMILES string of the molecule is C[C@@H]1CCCN1C.N. The lowest BCUT2D eigenvalue weighted by molar-refractivity contribution is 0.331. The molecule has 1 heterocycles. The number of nitrogens with zero attached hydrogens (tertiary/aromatic N) is 1. The third kappa shape index (κ3) is 1.46. The molecule has 0 radical (unpaired) electrons. The normalized spacial score (nSPS) is 30.0. The highest BCUT2D eigenvalue weighted by molar-refractivity contribution is 4.70. The predicted molar refractivity (Wildman–Crippen MR) is 36.3 cm³/mol. The maximum absolute atomic E-state index is 2.40. The lowest BCUT2D eigenvalue weighted by Gasteiger charge is -2.12. The van der Waals surface area contributed by atoms with Gasteiger partial charge in [0.25, 0.3) is 0 Å². The number of rotatable bonds is 0. The molecular formula is C6H16N2. The van der Waals surface area contributed by atoms with Crippen molar-refractivity contribution in [2.24, 2.45) is 0 Å². The fraction of sp³-hybridized carbons (Fsp3) is 1.00. The molecule has 1 saturated heterocycles. The minimum atomic E-state index is 0. The fourth-order valence-electron chi connectivity index (χ4n) is 1.08. The van der Waals surface area contributed by atoms with E-state index in [0.29, 0.717) is 0 Å². The molecule has 3 N–H and O–H groups in total. The van der Waals surface area contributed by atoms with Crippen LogP contribution in [-0.4, -0.2) is 24.5 Å². The second kappa shape index (κ2) is 3.05. The van der Waals surface area contributed by atoms with Gasteiger partial charge in [-0.05, 0) is 33.4 Å². The van der Waals surface area contributed by atoms with Gasteiger partial charge in [0.2, 0.25) is 0 Å². The van der Waals surface area contributed by atoms with Crippen molar-refractivity contribution in [3.05, 3.63) is 0 Å². The Morgan fingerprint density at radius 3 is 2.25 bits per heavy atom. The number of hydrogen-bond acceptors (Lipinski definition) is 2. The molecular weight excluding hydrogens is 100 g/mol. The minimum absolute atomic E-state index is 0. The Kier molecular flexibility index (Phi) is 3.02. The highest BCUT2D eigenvalue weighted by Gasteiger charge is 2.14. The molecule has 1 rings (SSSR count).